The first-order chi connectivity index (χ1) is 14.0. The second kappa shape index (κ2) is 8.59. The predicted molar refractivity (Wildman–Crippen MR) is 111 cm³/mol. The molecule has 1 saturated carbocycles. The summed E-state index contributed by atoms with van der Waals surface area (Å²) < 4.78 is 18.0. The minimum Gasteiger partial charge on any atom is -0.493 e. The second-order valence-electron chi connectivity index (χ2n) is 7.01. The Balaban J connectivity index is 1.39. The number of ketones is 1. The Bertz CT molecular complexity index is 956. The van der Waals surface area contributed by atoms with Crippen LogP contribution in [0.15, 0.2) is 65.0 Å². The van der Waals surface area contributed by atoms with Crippen molar-refractivity contribution in [2.45, 2.75) is 31.5 Å². The maximum absolute atomic E-state index is 12.8. The van der Waals surface area contributed by atoms with Gasteiger partial charge in [0.05, 0.1) is 16.5 Å². The molecule has 1 aliphatic heterocycles. The highest BCUT2D eigenvalue weighted by Crippen LogP contribution is 2.36. The lowest BCUT2D eigenvalue weighted by molar-refractivity contribution is -0.132. The number of benzene rings is 2. The fraction of sp³-hybridized carbons (Fsp3) is 0.273. The summed E-state index contributed by atoms with van der Waals surface area (Å²) in [6.07, 6.45) is 2.33. The summed E-state index contributed by atoms with van der Waals surface area (Å²) in [5.74, 6) is -0.252. The average molecular weight is 478 g/mol. The van der Waals surface area contributed by atoms with E-state index in [9.17, 15) is 9.59 Å². The Hall–Kier alpha value is -2.31. The zero-order valence-electron chi connectivity index (χ0n) is 15.3. The van der Waals surface area contributed by atoms with Crippen LogP contribution in [-0.2, 0) is 14.3 Å². The number of fused-ring (bicyclic) bond motifs is 1. The number of Topliss-reactive ketones (excluding diaryl/α,β-unsaturated/α-hetero) is 1. The number of halogens is 2. The maximum Gasteiger partial charge on any atom is 0.338 e. The van der Waals surface area contributed by atoms with Crippen LogP contribution < -0.4 is 4.74 Å². The summed E-state index contributed by atoms with van der Waals surface area (Å²) in [5, 5.41) is 0.423. The van der Waals surface area contributed by atoms with Gasteiger partial charge in [-0.05, 0) is 49.2 Å². The number of rotatable bonds is 4. The summed E-state index contributed by atoms with van der Waals surface area (Å²) in [4.78, 5) is 25.2. The second-order valence-corrected chi connectivity index (χ2v) is 8.33. The zero-order chi connectivity index (χ0) is 20.4. The van der Waals surface area contributed by atoms with Gasteiger partial charge in [-0.3, -0.25) is 4.79 Å². The standard InChI is InChI=1S/C22H18BrClO5/c23-14-7-5-13(6-8-14)22(26)28-15-9-10-16-19(11-15)27-12-20(21(16)25)29-18-4-2-1-3-17(18)24/h1-8,12,15-16,19H,9-11H2. The van der Waals surface area contributed by atoms with Gasteiger partial charge in [0.15, 0.2) is 0 Å². The molecule has 2 aliphatic rings. The molecule has 2 aromatic carbocycles. The number of hydrogen-bond donors (Lipinski definition) is 0. The average Bonchev–Trinajstić information content (AvgIpc) is 2.72. The first-order valence-electron chi connectivity index (χ1n) is 9.30. The van der Waals surface area contributed by atoms with Crippen LogP contribution in [0.5, 0.6) is 5.75 Å². The van der Waals surface area contributed by atoms with E-state index in [2.05, 4.69) is 15.9 Å². The summed E-state index contributed by atoms with van der Waals surface area (Å²) in [6.45, 7) is 0. The van der Waals surface area contributed by atoms with E-state index in [-0.39, 0.29) is 35.6 Å². The van der Waals surface area contributed by atoms with Gasteiger partial charge in [-0.15, -0.1) is 0 Å². The van der Waals surface area contributed by atoms with Crippen molar-refractivity contribution in [3.05, 3.63) is 75.6 Å². The van der Waals surface area contributed by atoms with Gasteiger partial charge in [0, 0.05) is 10.9 Å². The first-order valence-corrected chi connectivity index (χ1v) is 10.5. The normalized spacial score (nSPS) is 23.4. The fourth-order valence-electron chi connectivity index (χ4n) is 3.57. The van der Waals surface area contributed by atoms with Gasteiger partial charge >= 0.3 is 5.97 Å². The molecule has 1 heterocycles. The van der Waals surface area contributed by atoms with Crippen molar-refractivity contribution < 1.29 is 23.8 Å². The van der Waals surface area contributed by atoms with Gasteiger partial charge in [0.1, 0.15) is 24.2 Å². The van der Waals surface area contributed by atoms with Crippen LogP contribution in [0.1, 0.15) is 29.6 Å². The van der Waals surface area contributed by atoms with E-state index in [0.29, 0.717) is 35.6 Å². The zero-order valence-corrected chi connectivity index (χ0v) is 17.7. The van der Waals surface area contributed by atoms with Crippen LogP contribution in [0.25, 0.3) is 0 Å². The van der Waals surface area contributed by atoms with Gasteiger partial charge in [0.2, 0.25) is 11.5 Å². The molecule has 1 fully saturated rings. The molecule has 1 aliphatic carbocycles. The first kappa shape index (κ1) is 20.0. The summed E-state index contributed by atoms with van der Waals surface area (Å²) in [7, 11) is 0. The Morgan fingerprint density at radius 2 is 1.86 bits per heavy atom. The molecule has 7 heteroatoms. The quantitative estimate of drug-likeness (QED) is 0.558. The lowest BCUT2D eigenvalue weighted by atomic mass is 9.80. The molecule has 2 aromatic rings. The molecule has 5 nitrogen and oxygen atoms in total. The molecule has 4 rings (SSSR count). The van der Waals surface area contributed by atoms with Crippen molar-refractivity contribution in [2.24, 2.45) is 5.92 Å². The van der Waals surface area contributed by atoms with E-state index < -0.39 is 0 Å². The number of carbonyl (C=O) groups excluding carboxylic acids is 2. The SMILES string of the molecule is O=C(OC1CCC2C(=O)C(Oc3ccccc3Cl)=COC2C1)c1ccc(Br)cc1. The molecular weight excluding hydrogens is 460 g/mol. The van der Waals surface area contributed by atoms with Crippen LogP contribution in [-0.4, -0.2) is 24.0 Å². The Morgan fingerprint density at radius 3 is 2.62 bits per heavy atom. The van der Waals surface area contributed by atoms with Crippen LogP contribution in [0.3, 0.4) is 0 Å². The molecule has 0 N–H and O–H groups in total. The number of hydrogen-bond acceptors (Lipinski definition) is 5. The van der Waals surface area contributed by atoms with E-state index in [0.717, 1.165) is 4.47 Å². The van der Waals surface area contributed by atoms with E-state index in [1.54, 1.807) is 48.5 Å². The molecule has 3 atom stereocenters. The van der Waals surface area contributed by atoms with E-state index in [4.69, 9.17) is 25.8 Å². The van der Waals surface area contributed by atoms with Crippen molar-refractivity contribution in [3.63, 3.8) is 0 Å². The third kappa shape index (κ3) is 4.49. The van der Waals surface area contributed by atoms with Gasteiger partial charge in [-0.2, -0.15) is 0 Å². The lowest BCUT2D eigenvalue weighted by Gasteiger charge is -2.36. The summed E-state index contributed by atoms with van der Waals surface area (Å²) in [6, 6.07) is 14.0. The van der Waals surface area contributed by atoms with Gasteiger partial charge < -0.3 is 14.2 Å². The topological polar surface area (TPSA) is 61.8 Å². The van der Waals surface area contributed by atoms with Gasteiger partial charge in [0.25, 0.3) is 0 Å². The van der Waals surface area contributed by atoms with Crippen molar-refractivity contribution in [1.82, 2.24) is 0 Å². The monoisotopic (exact) mass is 476 g/mol. The third-order valence-electron chi connectivity index (χ3n) is 5.08. The van der Waals surface area contributed by atoms with Gasteiger partial charge in [-0.25, -0.2) is 4.79 Å². The largest absolute Gasteiger partial charge is 0.493 e. The highest BCUT2D eigenvalue weighted by molar-refractivity contribution is 9.10. The molecule has 0 radical (unpaired) electrons. The lowest BCUT2D eigenvalue weighted by Crippen LogP contribution is -2.43. The molecule has 0 aromatic heterocycles. The molecule has 0 bridgehead atoms. The molecular formula is C22H18BrClO5. The van der Waals surface area contributed by atoms with Crippen LogP contribution in [0.4, 0.5) is 0 Å². The van der Waals surface area contributed by atoms with Crippen LogP contribution in [0.2, 0.25) is 5.02 Å². The highest BCUT2D eigenvalue weighted by Gasteiger charge is 2.42. The molecule has 0 saturated heterocycles. The minimum absolute atomic E-state index is 0.112. The van der Waals surface area contributed by atoms with E-state index >= 15 is 0 Å². The minimum atomic E-state index is -0.374. The molecule has 29 heavy (non-hydrogen) atoms. The maximum atomic E-state index is 12.8. The fourth-order valence-corrected chi connectivity index (χ4v) is 4.00. The molecule has 0 amide bonds. The van der Waals surface area contributed by atoms with Crippen LogP contribution >= 0.6 is 27.5 Å². The number of carbonyl (C=O) groups is 2. The van der Waals surface area contributed by atoms with Gasteiger partial charge in [-0.1, -0.05) is 39.7 Å². The predicted octanol–water partition coefficient (Wildman–Crippen LogP) is 5.32. The number of esters is 1. The molecule has 0 spiro atoms. The third-order valence-corrected chi connectivity index (χ3v) is 5.92. The van der Waals surface area contributed by atoms with Crippen molar-refractivity contribution >= 4 is 39.3 Å². The Kier molecular flexibility index (Phi) is 5.92. The summed E-state index contributed by atoms with van der Waals surface area (Å²) >= 11 is 9.44. The number of ether oxygens (including phenoxy) is 3. The van der Waals surface area contributed by atoms with Crippen molar-refractivity contribution in [1.29, 1.82) is 0 Å². The number of allylic oxidation sites excluding steroid dienone is 1. The summed E-state index contributed by atoms with van der Waals surface area (Å²) in [5.41, 5.74) is 0.492. The van der Waals surface area contributed by atoms with Crippen molar-refractivity contribution in [2.75, 3.05) is 0 Å². The van der Waals surface area contributed by atoms with Crippen LogP contribution in [0, 0.1) is 5.92 Å². The Labute approximate surface area is 181 Å². The van der Waals surface area contributed by atoms with E-state index in [1.165, 1.54) is 6.26 Å². The molecule has 150 valence electrons. The smallest absolute Gasteiger partial charge is 0.338 e. The van der Waals surface area contributed by atoms with Crippen molar-refractivity contribution in [3.8, 4) is 5.75 Å². The Morgan fingerprint density at radius 1 is 1.10 bits per heavy atom. The van der Waals surface area contributed by atoms with E-state index in [1.807, 2.05) is 0 Å². The molecule has 3 unspecified atom stereocenters. The number of para-hydroxylation sites is 1. The highest BCUT2D eigenvalue weighted by atomic mass is 79.9.